The third kappa shape index (κ3) is 1.60. The van der Waals surface area contributed by atoms with Gasteiger partial charge >= 0.3 is 0 Å². The number of rotatable bonds is 2. The van der Waals surface area contributed by atoms with E-state index in [1.54, 1.807) is 0 Å². The van der Waals surface area contributed by atoms with Crippen LogP contribution >= 0.6 is 0 Å². The Kier molecular flexibility index (Phi) is 1.92. The maximum Gasteiger partial charge on any atom is 0.167 e. The molecule has 0 aromatic rings. The van der Waals surface area contributed by atoms with Crippen LogP contribution in [0.1, 0.15) is 12.8 Å². The lowest BCUT2D eigenvalue weighted by Gasteiger charge is -2.19. The van der Waals surface area contributed by atoms with Crippen LogP contribution < -0.4 is 0 Å². The van der Waals surface area contributed by atoms with E-state index in [2.05, 4.69) is 0 Å². The SMILES string of the molecule is O=C(C1CCOCC1)[C@H]1CO1. The van der Waals surface area contributed by atoms with Gasteiger partial charge in [-0.05, 0) is 12.8 Å². The monoisotopic (exact) mass is 156 g/mol. The molecule has 2 aliphatic heterocycles. The van der Waals surface area contributed by atoms with E-state index in [-0.39, 0.29) is 12.0 Å². The minimum absolute atomic E-state index is 0.0573. The summed E-state index contributed by atoms with van der Waals surface area (Å²) < 4.78 is 10.1. The van der Waals surface area contributed by atoms with E-state index in [1.165, 1.54) is 0 Å². The highest BCUT2D eigenvalue weighted by molar-refractivity contribution is 5.87. The largest absolute Gasteiger partial charge is 0.381 e. The number of carbonyl (C=O) groups excluding carboxylic acids is 1. The zero-order chi connectivity index (χ0) is 7.68. The summed E-state index contributed by atoms with van der Waals surface area (Å²) in [5.41, 5.74) is 0. The van der Waals surface area contributed by atoms with Crippen molar-refractivity contribution in [2.45, 2.75) is 18.9 Å². The Morgan fingerprint density at radius 3 is 2.45 bits per heavy atom. The number of Topliss-reactive ketones (excluding diaryl/α,β-unsaturated/α-hetero) is 1. The normalized spacial score (nSPS) is 31.8. The average molecular weight is 156 g/mol. The van der Waals surface area contributed by atoms with E-state index >= 15 is 0 Å². The molecular weight excluding hydrogens is 144 g/mol. The molecule has 0 bridgehead atoms. The van der Waals surface area contributed by atoms with Crippen molar-refractivity contribution in [1.82, 2.24) is 0 Å². The second-order valence-electron chi connectivity index (χ2n) is 3.11. The van der Waals surface area contributed by atoms with E-state index in [9.17, 15) is 4.79 Å². The van der Waals surface area contributed by atoms with Crippen LogP contribution in [0.15, 0.2) is 0 Å². The van der Waals surface area contributed by atoms with Gasteiger partial charge in [-0.25, -0.2) is 0 Å². The molecule has 0 saturated carbocycles. The fraction of sp³-hybridized carbons (Fsp3) is 0.875. The predicted octanol–water partition coefficient (Wildman–Crippen LogP) is 0.381. The van der Waals surface area contributed by atoms with Crippen LogP contribution in [0.2, 0.25) is 0 Å². The molecule has 0 unspecified atom stereocenters. The Hall–Kier alpha value is -0.410. The predicted molar refractivity (Wildman–Crippen MR) is 38.3 cm³/mol. The molecule has 2 fully saturated rings. The van der Waals surface area contributed by atoms with Gasteiger partial charge in [0.15, 0.2) is 5.78 Å². The van der Waals surface area contributed by atoms with Gasteiger partial charge in [0.1, 0.15) is 6.10 Å². The highest BCUT2D eigenvalue weighted by atomic mass is 16.6. The van der Waals surface area contributed by atoms with Crippen molar-refractivity contribution in [2.24, 2.45) is 5.92 Å². The van der Waals surface area contributed by atoms with E-state index in [0.717, 1.165) is 26.1 Å². The first kappa shape index (κ1) is 7.25. The third-order valence-electron chi connectivity index (χ3n) is 2.27. The van der Waals surface area contributed by atoms with Gasteiger partial charge in [0.05, 0.1) is 6.61 Å². The van der Waals surface area contributed by atoms with Crippen molar-refractivity contribution < 1.29 is 14.3 Å². The maximum atomic E-state index is 11.4. The standard InChI is InChI=1S/C8H12O3/c9-8(7-5-11-7)6-1-3-10-4-2-6/h6-7H,1-5H2/t7-/m1/s1. The Morgan fingerprint density at radius 2 is 1.91 bits per heavy atom. The Bertz CT molecular complexity index is 157. The molecule has 3 nitrogen and oxygen atoms in total. The van der Waals surface area contributed by atoms with Crippen molar-refractivity contribution in [3.8, 4) is 0 Å². The molecule has 62 valence electrons. The molecule has 0 radical (unpaired) electrons. The minimum Gasteiger partial charge on any atom is -0.381 e. The molecule has 2 aliphatic rings. The van der Waals surface area contributed by atoms with E-state index in [0.29, 0.717) is 12.4 Å². The summed E-state index contributed by atoms with van der Waals surface area (Å²) in [4.78, 5) is 11.4. The van der Waals surface area contributed by atoms with Gasteiger partial charge in [0, 0.05) is 19.1 Å². The van der Waals surface area contributed by atoms with Crippen molar-refractivity contribution in [1.29, 1.82) is 0 Å². The Balaban J connectivity index is 1.86. The fourth-order valence-corrected chi connectivity index (χ4v) is 1.46. The molecule has 2 saturated heterocycles. The molecule has 2 heterocycles. The second-order valence-corrected chi connectivity index (χ2v) is 3.11. The van der Waals surface area contributed by atoms with Crippen LogP contribution in [-0.2, 0) is 14.3 Å². The van der Waals surface area contributed by atoms with Gasteiger partial charge in [0.25, 0.3) is 0 Å². The van der Waals surface area contributed by atoms with Crippen molar-refractivity contribution in [3.05, 3.63) is 0 Å². The van der Waals surface area contributed by atoms with E-state index in [1.807, 2.05) is 0 Å². The van der Waals surface area contributed by atoms with Gasteiger partial charge in [-0.15, -0.1) is 0 Å². The Labute approximate surface area is 65.7 Å². The summed E-state index contributed by atoms with van der Waals surface area (Å²) in [5, 5.41) is 0. The summed E-state index contributed by atoms with van der Waals surface area (Å²) in [7, 11) is 0. The third-order valence-corrected chi connectivity index (χ3v) is 2.27. The topological polar surface area (TPSA) is 38.8 Å². The minimum atomic E-state index is -0.0573. The Morgan fingerprint density at radius 1 is 1.27 bits per heavy atom. The number of ether oxygens (including phenoxy) is 2. The molecular formula is C8H12O3. The maximum absolute atomic E-state index is 11.4. The highest BCUT2D eigenvalue weighted by Gasteiger charge is 2.36. The van der Waals surface area contributed by atoms with Gasteiger partial charge < -0.3 is 9.47 Å². The molecule has 0 aromatic heterocycles. The van der Waals surface area contributed by atoms with Crippen LogP contribution in [0.3, 0.4) is 0 Å². The van der Waals surface area contributed by atoms with Gasteiger partial charge in [-0.2, -0.15) is 0 Å². The summed E-state index contributed by atoms with van der Waals surface area (Å²) in [5.74, 6) is 0.518. The quantitative estimate of drug-likeness (QED) is 0.542. The second kappa shape index (κ2) is 2.91. The highest BCUT2D eigenvalue weighted by Crippen LogP contribution is 2.22. The van der Waals surface area contributed by atoms with Crippen molar-refractivity contribution in [3.63, 3.8) is 0 Å². The summed E-state index contributed by atoms with van der Waals surface area (Å²) >= 11 is 0. The van der Waals surface area contributed by atoms with Crippen molar-refractivity contribution in [2.75, 3.05) is 19.8 Å². The van der Waals surface area contributed by atoms with E-state index < -0.39 is 0 Å². The van der Waals surface area contributed by atoms with Crippen LogP contribution in [0.25, 0.3) is 0 Å². The smallest absolute Gasteiger partial charge is 0.167 e. The molecule has 1 atom stereocenters. The van der Waals surface area contributed by atoms with Crippen LogP contribution in [0.5, 0.6) is 0 Å². The van der Waals surface area contributed by atoms with Crippen molar-refractivity contribution >= 4 is 5.78 Å². The number of hydrogen-bond donors (Lipinski definition) is 0. The number of epoxide rings is 1. The first-order valence-corrected chi connectivity index (χ1v) is 4.11. The number of hydrogen-bond acceptors (Lipinski definition) is 3. The zero-order valence-electron chi connectivity index (χ0n) is 6.41. The molecule has 0 spiro atoms. The average Bonchev–Trinajstić information content (AvgIpc) is 2.87. The lowest BCUT2D eigenvalue weighted by Crippen LogP contribution is -2.26. The lowest BCUT2D eigenvalue weighted by atomic mass is 9.94. The van der Waals surface area contributed by atoms with Gasteiger partial charge in [-0.1, -0.05) is 0 Å². The fourth-order valence-electron chi connectivity index (χ4n) is 1.46. The summed E-state index contributed by atoms with van der Waals surface area (Å²) in [6.07, 6.45) is 1.72. The molecule has 3 heteroatoms. The molecule has 2 rings (SSSR count). The summed E-state index contributed by atoms with van der Waals surface area (Å²) in [6.45, 7) is 2.13. The molecule has 0 aliphatic carbocycles. The number of carbonyl (C=O) groups is 1. The molecule has 0 aromatic carbocycles. The molecule has 0 N–H and O–H groups in total. The van der Waals surface area contributed by atoms with E-state index in [4.69, 9.17) is 9.47 Å². The summed E-state index contributed by atoms with van der Waals surface area (Å²) in [6, 6.07) is 0. The van der Waals surface area contributed by atoms with Gasteiger partial charge in [0.2, 0.25) is 0 Å². The van der Waals surface area contributed by atoms with Gasteiger partial charge in [-0.3, -0.25) is 4.79 Å². The van der Waals surface area contributed by atoms with Crippen LogP contribution in [-0.4, -0.2) is 31.7 Å². The first-order valence-electron chi connectivity index (χ1n) is 4.11. The molecule has 0 amide bonds. The number of ketones is 1. The van der Waals surface area contributed by atoms with Crippen LogP contribution in [0.4, 0.5) is 0 Å². The lowest BCUT2D eigenvalue weighted by molar-refractivity contribution is -0.126. The first-order chi connectivity index (χ1) is 5.38. The molecule has 11 heavy (non-hydrogen) atoms. The zero-order valence-corrected chi connectivity index (χ0v) is 6.41. The van der Waals surface area contributed by atoms with Crippen LogP contribution in [0, 0.1) is 5.92 Å².